The highest BCUT2D eigenvalue weighted by Crippen LogP contribution is 2.43. The lowest BCUT2D eigenvalue weighted by molar-refractivity contribution is -0.117. The summed E-state index contributed by atoms with van der Waals surface area (Å²) in [6.07, 6.45) is 6.75. The summed E-state index contributed by atoms with van der Waals surface area (Å²) >= 11 is 0. The zero-order valence-electron chi connectivity index (χ0n) is 12.9. The second kappa shape index (κ2) is 8.60. The number of nitrogens with zero attached hydrogens (tertiary/aromatic N) is 1. The van der Waals surface area contributed by atoms with Crippen LogP contribution in [-0.2, 0) is 4.79 Å². The van der Waals surface area contributed by atoms with Crippen LogP contribution >= 0.6 is 0 Å². The minimum Gasteiger partial charge on any atom is -0.348 e. The first-order chi connectivity index (χ1) is 8.44. The molecule has 0 spiro atoms. The first-order valence-corrected chi connectivity index (χ1v) is 7.39. The molecule has 1 fully saturated rings. The average Bonchev–Trinajstić information content (AvgIpc) is 2.47. The van der Waals surface area contributed by atoms with Crippen LogP contribution in [0.25, 0.3) is 0 Å². The van der Waals surface area contributed by atoms with Crippen molar-refractivity contribution in [2.45, 2.75) is 65.1 Å². The van der Waals surface area contributed by atoms with Crippen LogP contribution < -0.4 is 0 Å². The number of amides is 1. The number of hydrogen-bond acceptors (Lipinski definition) is 1. The number of carbonyl (C=O) groups excluding carboxylic acids is 1. The van der Waals surface area contributed by atoms with Crippen LogP contribution in [0.3, 0.4) is 0 Å². The molecular weight excluding hydrogens is 221 g/mol. The maximum absolute atomic E-state index is 10.6. The molecule has 1 saturated carbocycles. The van der Waals surface area contributed by atoms with Crippen molar-refractivity contribution in [2.75, 3.05) is 13.6 Å². The minimum absolute atomic E-state index is 0.00478. The first-order valence-electron chi connectivity index (χ1n) is 7.39. The van der Waals surface area contributed by atoms with Gasteiger partial charge < -0.3 is 4.90 Å². The predicted molar refractivity (Wildman–Crippen MR) is 79.9 cm³/mol. The van der Waals surface area contributed by atoms with Gasteiger partial charge in [-0.05, 0) is 18.3 Å². The topological polar surface area (TPSA) is 20.3 Å². The third-order valence-corrected chi connectivity index (χ3v) is 3.97. The largest absolute Gasteiger partial charge is 0.348 e. The zero-order chi connectivity index (χ0) is 14.2. The van der Waals surface area contributed by atoms with E-state index >= 15 is 0 Å². The van der Waals surface area contributed by atoms with Crippen molar-refractivity contribution in [3.63, 3.8) is 0 Å². The van der Waals surface area contributed by atoms with Crippen LogP contribution in [0.1, 0.15) is 59.8 Å². The standard InChI is InChI=1S/C13H24BNO.C2H6/c1-11-5-4-7-13(2,14)9-12(11)6-8-15(3)10-16;1-2/h10-12H,4-9H2,1-3H3;1-2H3. The van der Waals surface area contributed by atoms with Crippen LogP contribution in [0.4, 0.5) is 0 Å². The predicted octanol–water partition coefficient (Wildman–Crippen LogP) is 3.66. The molecule has 2 nitrogen and oxygen atoms in total. The summed E-state index contributed by atoms with van der Waals surface area (Å²) in [4.78, 5) is 12.3. The normalized spacial score (nSPS) is 31.8. The maximum atomic E-state index is 10.6. The first kappa shape index (κ1) is 17.5. The van der Waals surface area contributed by atoms with Crippen LogP contribution in [0, 0.1) is 11.8 Å². The van der Waals surface area contributed by atoms with E-state index in [4.69, 9.17) is 7.85 Å². The van der Waals surface area contributed by atoms with Gasteiger partial charge in [-0.15, -0.1) is 0 Å². The van der Waals surface area contributed by atoms with E-state index in [0.717, 1.165) is 38.1 Å². The Morgan fingerprint density at radius 2 is 2.06 bits per heavy atom. The molecule has 1 aliphatic rings. The van der Waals surface area contributed by atoms with Crippen LogP contribution in [0.15, 0.2) is 0 Å². The fraction of sp³-hybridized carbons (Fsp3) is 0.933. The molecule has 1 amide bonds. The van der Waals surface area contributed by atoms with Gasteiger partial charge in [-0.3, -0.25) is 4.79 Å². The van der Waals surface area contributed by atoms with Gasteiger partial charge in [0.05, 0.1) is 7.85 Å². The zero-order valence-corrected chi connectivity index (χ0v) is 12.9. The maximum Gasteiger partial charge on any atom is 0.209 e. The Morgan fingerprint density at radius 3 is 2.61 bits per heavy atom. The van der Waals surface area contributed by atoms with E-state index < -0.39 is 0 Å². The van der Waals surface area contributed by atoms with Crippen molar-refractivity contribution < 1.29 is 4.79 Å². The molecule has 3 atom stereocenters. The Hall–Kier alpha value is -0.465. The highest BCUT2D eigenvalue weighted by molar-refractivity contribution is 6.14. The third kappa shape index (κ3) is 6.46. The van der Waals surface area contributed by atoms with Crippen molar-refractivity contribution in [3.05, 3.63) is 0 Å². The van der Waals surface area contributed by atoms with Gasteiger partial charge >= 0.3 is 0 Å². The molecule has 3 unspecified atom stereocenters. The molecule has 1 aliphatic carbocycles. The van der Waals surface area contributed by atoms with E-state index in [9.17, 15) is 4.79 Å². The van der Waals surface area contributed by atoms with Crippen molar-refractivity contribution in [3.8, 4) is 0 Å². The second-order valence-corrected chi connectivity index (χ2v) is 5.86. The Bertz CT molecular complexity index is 231. The van der Waals surface area contributed by atoms with Gasteiger partial charge in [0.15, 0.2) is 0 Å². The molecule has 0 aromatic heterocycles. The smallest absolute Gasteiger partial charge is 0.209 e. The molecule has 0 aromatic carbocycles. The summed E-state index contributed by atoms with van der Waals surface area (Å²) in [5, 5.41) is -0.00478. The SMILES string of the molecule is CC.[B]C1(C)CCCC(C)C(CCN(C)C=O)C1. The molecule has 0 saturated heterocycles. The van der Waals surface area contributed by atoms with Crippen molar-refractivity contribution >= 4 is 14.3 Å². The lowest BCUT2D eigenvalue weighted by atomic mass is 9.63. The molecule has 0 aliphatic heterocycles. The van der Waals surface area contributed by atoms with Crippen LogP contribution in [0.2, 0.25) is 5.31 Å². The van der Waals surface area contributed by atoms with Gasteiger partial charge in [-0.1, -0.05) is 58.7 Å². The fourth-order valence-electron chi connectivity index (χ4n) is 2.77. The summed E-state index contributed by atoms with van der Waals surface area (Å²) in [6, 6.07) is 0. The van der Waals surface area contributed by atoms with Crippen LogP contribution in [0.5, 0.6) is 0 Å². The monoisotopic (exact) mass is 251 g/mol. The molecule has 104 valence electrons. The van der Waals surface area contributed by atoms with Gasteiger partial charge in [0.25, 0.3) is 0 Å². The lowest BCUT2D eigenvalue weighted by Crippen LogP contribution is -2.24. The van der Waals surface area contributed by atoms with Crippen molar-refractivity contribution in [1.82, 2.24) is 4.90 Å². The van der Waals surface area contributed by atoms with Crippen molar-refractivity contribution in [2.24, 2.45) is 11.8 Å². The quantitative estimate of drug-likeness (QED) is 0.424. The van der Waals surface area contributed by atoms with E-state index in [1.54, 1.807) is 4.90 Å². The lowest BCUT2D eigenvalue weighted by Gasteiger charge is -2.30. The highest BCUT2D eigenvalue weighted by Gasteiger charge is 2.29. The second-order valence-electron chi connectivity index (χ2n) is 5.86. The van der Waals surface area contributed by atoms with Gasteiger partial charge in [0.1, 0.15) is 0 Å². The molecule has 3 heteroatoms. The molecule has 2 radical (unpaired) electrons. The Kier molecular flexibility index (Phi) is 8.38. The Labute approximate surface area is 115 Å². The summed E-state index contributed by atoms with van der Waals surface area (Å²) < 4.78 is 0. The van der Waals surface area contributed by atoms with E-state index in [-0.39, 0.29) is 5.31 Å². The summed E-state index contributed by atoms with van der Waals surface area (Å²) in [5.74, 6) is 1.41. The molecular formula is C15H30BNO. The number of carbonyl (C=O) groups is 1. The van der Waals surface area contributed by atoms with E-state index in [2.05, 4.69) is 13.8 Å². The van der Waals surface area contributed by atoms with E-state index in [1.807, 2.05) is 20.9 Å². The van der Waals surface area contributed by atoms with E-state index in [1.165, 1.54) is 12.8 Å². The van der Waals surface area contributed by atoms with Gasteiger partial charge in [0, 0.05) is 13.6 Å². The number of hydrogen-bond donors (Lipinski definition) is 0. The molecule has 1 rings (SSSR count). The Morgan fingerprint density at radius 1 is 1.44 bits per heavy atom. The Balaban J connectivity index is 0.00000137. The summed E-state index contributed by atoms with van der Waals surface area (Å²) in [6.45, 7) is 9.35. The summed E-state index contributed by atoms with van der Waals surface area (Å²) in [7, 11) is 8.13. The molecule has 18 heavy (non-hydrogen) atoms. The van der Waals surface area contributed by atoms with Gasteiger partial charge in [0.2, 0.25) is 6.41 Å². The molecule has 0 aromatic rings. The van der Waals surface area contributed by atoms with Crippen LogP contribution in [-0.4, -0.2) is 32.7 Å². The third-order valence-electron chi connectivity index (χ3n) is 3.97. The van der Waals surface area contributed by atoms with Gasteiger partial charge in [-0.25, -0.2) is 0 Å². The van der Waals surface area contributed by atoms with Crippen molar-refractivity contribution in [1.29, 1.82) is 0 Å². The number of rotatable bonds is 4. The van der Waals surface area contributed by atoms with E-state index in [0.29, 0.717) is 5.92 Å². The minimum atomic E-state index is -0.00478. The molecule has 0 bridgehead atoms. The van der Waals surface area contributed by atoms with Gasteiger partial charge in [-0.2, -0.15) is 0 Å². The fourth-order valence-corrected chi connectivity index (χ4v) is 2.77. The average molecular weight is 251 g/mol. The summed E-state index contributed by atoms with van der Waals surface area (Å²) in [5.41, 5.74) is 0. The molecule has 0 heterocycles. The molecule has 0 N–H and O–H groups in total. The highest BCUT2D eigenvalue weighted by atomic mass is 16.1.